The van der Waals surface area contributed by atoms with Gasteiger partial charge in [0.1, 0.15) is 0 Å². The van der Waals surface area contributed by atoms with Crippen molar-refractivity contribution in [2.24, 2.45) is 17.3 Å². The summed E-state index contributed by atoms with van der Waals surface area (Å²) in [6.07, 6.45) is 0. The first-order chi connectivity index (χ1) is 5.82. The third-order valence-electron chi connectivity index (χ3n) is 3.68. The Bertz CT molecular complexity index is 160. The van der Waals surface area contributed by atoms with Gasteiger partial charge in [0.05, 0.1) is 0 Å². The van der Waals surface area contributed by atoms with Crippen LogP contribution in [0.4, 0.5) is 0 Å². The van der Waals surface area contributed by atoms with Gasteiger partial charge in [-0.1, -0.05) is 34.6 Å². The van der Waals surface area contributed by atoms with E-state index in [0.717, 1.165) is 17.9 Å². The topological polar surface area (TPSA) is 3.24 Å². The van der Waals surface area contributed by atoms with Crippen LogP contribution >= 0.6 is 0 Å². The van der Waals surface area contributed by atoms with E-state index >= 15 is 0 Å². The Morgan fingerprint density at radius 2 is 1.54 bits per heavy atom. The number of likely N-dealkylation sites (tertiary alicyclic amines) is 1. The normalized spacial score (nSPS) is 23.3. The molecule has 1 rings (SSSR count). The van der Waals surface area contributed by atoms with Gasteiger partial charge in [-0.2, -0.15) is 0 Å². The lowest BCUT2D eigenvalue weighted by Crippen LogP contribution is -2.56. The first kappa shape index (κ1) is 11.0. The summed E-state index contributed by atoms with van der Waals surface area (Å²) in [6, 6.07) is 0.763. The van der Waals surface area contributed by atoms with E-state index in [1.54, 1.807) is 0 Å². The molecule has 1 heterocycles. The van der Waals surface area contributed by atoms with Gasteiger partial charge in [-0.05, 0) is 24.2 Å². The third kappa shape index (κ3) is 2.46. The fourth-order valence-electron chi connectivity index (χ4n) is 1.81. The molecule has 1 fully saturated rings. The Kier molecular flexibility index (Phi) is 3.06. The molecule has 1 aliphatic heterocycles. The van der Waals surface area contributed by atoms with Crippen LogP contribution in [0.15, 0.2) is 0 Å². The van der Waals surface area contributed by atoms with Crippen LogP contribution in [0.25, 0.3) is 0 Å². The molecule has 0 N–H and O–H groups in total. The van der Waals surface area contributed by atoms with Gasteiger partial charge in [0, 0.05) is 19.1 Å². The number of rotatable bonds is 2. The molecule has 0 amide bonds. The fraction of sp³-hybridized carbons (Fsp3) is 1.00. The fourth-order valence-corrected chi connectivity index (χ4v) is 1.81. The van der Waals surface area contributed by atoms with Gasteiger partial charge in [-0.25, -0.2) is 0 Å². The van der Waals surface area contributed by atoms with E-state index in [-0.39, 0.29) is 0 Å². The molecule has 1 atom stereocenters. The molecule has 1 nitrogen and oxygen atoms in total. The van der Waals surface area contributed by atoms with Crippen LogP contribution in [0, 0.1) is 17.3 Å². The average Bonchev–Trinajstić information content (AvgIpc) is 1.79. The molecule has 0 radical (unpaired) electrons. The van der Waals surface area contributed by atoms with Crippen LogP contribution in [0.2, 0.25) is 0 Å². The van der Waals surface area contributed by atoms with Crippen molar-refractivity contribution in [1.29, 1.82) is 0 Å². The van der Waals surface area contributed by atoms with E-state index in [1.807, 2.05) is 0 Å². The van der Waals surface area contributed by atoms with Crippen LogP contribution in [-0.2, 0) is 0 Å². The van der Waals surface area contributed by atoms with Gasteiger partial charge in [-0.15, -0.1) is 0 Å². The Morgan fingerprint density at radius 3 is 1.85 bits per heavy atom. The highest BCUT2D eigenvalue weighted by atomic mass is 15.2. The molecule has 0 aromatic rings. The quantitative estimate of drug-likeness (QED) is 0.636. The van der Waals surface area contributed by atoms with Gasteiger partial charge in [-0.3, -0.25) is 4.90 Å². The lowest BCUT2D eigenvalue weighted by Gasteiger charge is -2.50. The third-order valence-corrected chi connectivity index (χ3v) is 3.68. The zero-order valence-corrected chi connectivity index (χ0v) is 10.1. The maximum Gasteiger partial charge on any atom is 0.00901 e. The molecule has 13 heavy (non-hydrogen) atoms. The minimum Gasteiger partial charge on any atom is -0.300 e. The van der Waals surface area contributed by atoms with Gasteiger partial charge in [0.25, 0.3) is 0 Å². The van der Waals surface area contributed by atoms with Crippen molar-refractivity contribution >= 4 is 0 Å². The first-order valence-electron chi connectivity index (χ1n) is 5.56. The minimum absolute atomic E-state index is 0.507. The summed E-state index contributed by atoms with van der Waals surface area (Å²) in [5.41, 5.74) is 0.507. The highest BCUT2D eigenvalue weighted by Gasteiger charge is 2.37. The molecule has 0 spiro atoms. The van der Waals surface area contributed by atoms with Crippen molar-refractivity contribution in [3.8, 4) is 0 Å². The van der Waals surface area contributed by atoms with Gasteiger partial charge < -0.3 is 0 Å². The van der Waals surface area contributed by atoms with Crippen molar-refractivity contribution in [2.45, 2.75) is 47.6 Å². The predicted octanol–water partition coefficient (Wildman–Crippen LogP) is 3.01. The summed E-state index contributed by atoms with van der Waals surface area (Å²) in [6.45, 7) is 16.7. The Morgan fingerprint density at radius 1 is 1.08 bits per heavy atom. The first-order valence-corrected chi connectivity index (χ1v) is 5.56. The zero-order chi connectivity index (χ0) is 10.2. The van der Waals surface area contributed by atoms with Gasteiger partial charge in [0.2, 0.25) is 0 Å². The standard InChI is InChI=1S/C12H25N/c1-9(2)10(3)13-7-11(8-13)12(4,5)6/h9-11H,7-8H2,1-6H3. The zero-order valence-electron chi connectivity index (χ0n) is 10.1. The summed E-state index contributed by atoms with van der Waals surface area (Å²) in [5, 5.41) is 0. The van der Waals surface area contributed by atoms with E-state index in [1.165, 1.54) is 13.1 Å². The highest BCUT2D eigenvalue weighted by Crippen LogP contribution is 2.35. The maximum atomic E-state index is 2.61. The van der Waals surface area contributed by atoms with Crippen LogP contribution in [0.1, 0.15) is 41.5 Å². The van der Waals surface area contributed by atoms with Crippen molar-refractivity contribution in [1.82, 2.24) is 4.90 Å². The summed E-state index contributed by atoms with van der Waals surface area (Å²) in [5.74, 6) is 1.70. The molecular formula is C12H25N. The van der Waals surface area contributed by atoms with Crippen LogP contribution in [0.5, 0.6) is 0 Å². The van der Waals surface area contributed by atoms with Crippen molar-refractivity contribution in [3.05, 3.63) is 0 Å². The second-order valence-electron chi connectivity index (χ2n) is 6.00. The second-order valence-corrected chi connectivity index (χ2v) is 6.00. The average molecular weight is 183 g/mol. The SMILES string of the molecule is CC(C)C(C)N1CC(C(C)(C)C)C1. The molecule has 0 aromatic heterocycles. The van der Waals surface area contributed by atoms with E-state index < -0.39 is 0 Å². The van der Waals surface area contributed by atoms with E-state index in [2.05, 4.69) is 46.4 Å². The van der Waals surface area contributed by atoms with Crippen molar-refractivity contribution in [2.75, 3.05) is 13.1 Å². The van der Waals surface area contributed by atoms with E-state index in [9.17, 15) is 0 Å². The predicted molar refractivity (Wildman–Crippen MR) is 58.8 cm³/mol. The lowest BCUT2D eigenvalue weighted by atomic mass is 9.75. The summed E-state index contributed by atoms with van der Waals surface area (Å²) in [4.78, 5) is 2.61. The molecule has 1 aliphatic rings. The lowest BCUT2D eigenvalue weighted by molar-refractivity contribution is -0.0146. The smallest absolute Gasteiger partial charge is 0.00901 e. The van der Waals surface area contributed by atoms with Gasteiger partial charge in [0.15, 0.2) is 0 Å². The second kappa shape index (κ2) is 3.61. The highest BCUT2D eigenvalue weighted by molar-refractivity contribution is 4.90. The van der Waals surface area contributed by atoms with Crippen LogP contribution in [0.3, 0.4) is 0 Å². The summed E-state index contributed by atoms with van der Waals surface area (Å²) in [7, 11) is 0. The van der Waals surface area contributed by atoms with Crippen LogP contribution in [-0.4, -0.2) is 24.0 Å². The minimum atomic E-state index is 0.507. The molecule has 1 heteroatoms. The van der Waals surface area contributed by atoms with Crippen LogP contribution < -0.4 is 0 Å². The number of hydrogen-bond acceptors (Lipinski definition) is 1. The Balaban J connectivity index is 2.33. The molecule has 0 saturated carbocycles. The summed E-state index contributed by atoms with van der Waals surface area (Å²) < 4.78 is 0. The van der Waals surface area contributed by atoms with E-state index in [4.69, 9.17) is 0 Å². The van der Waals surface area contributed by atoms with Crippen molar-refractivity contribution < 1.29 is 0 Å². The van der Waals surface area contributed by atoms with E-state index in [0.29, 0.717) is 5.41 Å². The molecule has 1 unspecified atom stereocenters. The largest absolute Gasteiger partial charge is 0.300 e. The maximum absolute atomic E-state index is 2.61. The summed E-state index contributed by atoms with van der Waals surface area (Å²) >= 11 is 0. The molecular weight excluding hydrogens is 158 g/mol. The van der Waals surface area contributed by atoms with Gasteiger partial charge >= 0.3 is 0 Å². The monoisotopic (exact) mass is 183 g/mol. The Hall–Kier alpha value is -0.0400. The molecule has 0 bridgehead atoms. The van der Waals surface area contributed by atoms with Crippen molar-refractivity contribution in [3.63, 3.8) is 0 Å². The number of nitrogens with zero attached hydrogens (tertiary/aromatic N) is 1. The molecule has 78 valence electrons. The number of hydrogen-bond donors (Lipinski definition) is 0. The Labute approximate surface area is 83.5 Å². The molecule has 0 aromatic carbocycles. The molecule has 1 saturated heterocycles. The molecule has 0 aliphatic carbocycles.